The van der Waals surface area contributed by atoms with Gasteiger partial charge in [0.1, 0.15) is 12.4 Å². The minimum absolute atomic E-state index is 0.000410. The minimum atomic E-state index is -0.561. The second-order valence-corrected chi connectivity index (χ2v) is 7.07. The van der Waals surface area contributed by atoms with E-state index in [0.29, 0.717) is 6.42 Å². The molecule has 0 atom stereocenters. The molecule has 0 unspecified atom stereocenters. The Balaban J connectivity index is 2.78. The highest BCUT2D eigenvalue weighted by atomic mass is 35.5. The maximum Gasteiger partial charge on any atom is 0.243 e. The van der Waals surface area contributed by atoms with Gasteiger partial charge in [-0.05, 0) is 38.6 Å². The van der Waals surface area contributed by atoms with Crippen LogP contribution in [-0.4, -0.2) is 40.7 Å². The number of hydrogen-bond donors (Lipinski definition) is 1. The Morgan fingerprint density at radius 1 is 1.28 bits per heavy atom. The van der Waals surface area contributed by atoms with E-state index in [2.05, 4.69) is 18.5 Å². The van der Waals surface area contributed by atoms with Crippen molar-refractivity contribution in [2.75, 3.05) is 13.1 Å². The molecule has 7 heteroatoms. The molecule has 158 valence electrons. The summed E-state index contributed by atoms with van der Waals surface area (Å²) in [6.45, 7) is 13.0. The van der Waals surface area contributed by atoms with Gasteiger partial charge in [-0.3, -0.25) is 9.59 Å². The number of carbonyl (C=O) groups is 2. The van der Waals surface area contributed by atoms with Gasteiger partial charge in [-0.1, -0.05) is 49.9 Å². The van der Waals surface area contributed by atoms with Crippen LogP contribution in [0.25, 0.3) is 0 Å². The van der Waals surface area contributed by atoms with E-state index in [9.17, 15) is 14.0 Å². The maximum atomic E-state index is 14.0. The Morgan fingerprint density at radius 2 is 1.97 bits per heavy atom. The first-order valence-corrected chi connectivity index (χ1v) is 9.82. The molecule has 29 heavy (non-hydrogen) atoms. The summed E-state index contributed by atoms with van der Waals surface area (Å²) in [6.07, 6.45) is 5.76. The predicted octanol–water partition coefficient (Wildman–Crippen LogP) is 4.26. The third kappa shape index (κ3) is 7.38. The standard InChI is InChI=1S/C22H29ClFN3O2/c1-6-10-18(7-2)26(8-3)15-21(29)27(16(4)5)14-20(28)25-13-17-11-9-12-19(23)22(17)24/h6,8-12,16H,1,3,7,13-15H2,2,4-5H3,(H,25,28)/b18-10+. The van der Waals surface area contributed by atoms with Crippen molar-refractivity contribution in [2.45, 2.75) is 39.8 Å². The van der Waals surface area contributed by atoms with Crippen LogP contribution in [0.5, 0.6) is 0 Å². The predicted molar refractivity (Wildman–Crippen MR) is 116 cm³/mol. The topological polar surface area (TPSA) is 52.7 Å². The number of carbonyl (C=O) groups excluding carboxylic acids is 2. The number of nitrogens with one attached hydrogen (secondary N) is 1. The van der Waals surface area contributed by atoms with E-state index in [1.165, 1.54) is 11.0 Å². The molecule has 0 aromatic heterocycles. The summed E-state index contributed by atoms with van der Waals surface area (Å²) >= 11 is 5.75. The summed E-state index contributed by atoms with van der Waals surface area (Å²) in [5, 5.41) is 2.64. The lowest BCUT2D eigenvalue weighted by atomic mass is 10.2. The zero-order valence-corrected chi connectivity index (χ0v) is 18.0. The Bertz CT molecular complexity index is 777. The molecule has 0 bridgehead atoms. The minimum Gasteiger partial charge on any atom is -0.350 e. The molecule has 1 aromatic rings. The number of halogens is 2. The average Bonchev–Trinajstić information content (AvgIpc) is 2.69. The molecule has 5 nitrogen and oxygen atoms in total. The van der Waals surface area contributed by atoms with E-state index in [1.807, 2.05) is 26.8 Å². The van der Waals surface area contributed by atoms with Crippen LogP contribution in [0.2, 0.25) is 5.02 Å². The Labute approximate surface area is 177 Å². The zero-order chi connectivity index (χ0) is 22.0. The molecule has 0 saturated carbocycles. The van der Waals surface area contributed by atoms with Crippen LogP contribution in [0.3, 0.4) is 0 Å². The molecule has 0 aliphatic carbocycles. The first-order chi connectivity index (χ1) is 13.7. The molecule has 0 radical (unpaired) electrons. The van der Waals surface area contributed by atoms with Crippen molar-refractivity contribution in [3.8, 4) is 0 Å². The fourth-order valence-electron chi connectivity index (χ4n) is 2.72. The highest BCUT2D eigenvalue weighted by molar-refractivity contribution is 6.30. The van der Waals surface area contributed by atoms with Crippen molar-refractivity contribution in [2.24, 2.45) is 0 Å². The van der Waals surface area contributed by atoms with Gasteiger partial charge in [0.2, 0.25) is 11.8 Å². The normalized spacial score (nSPS) is 11.2. The molecule has 0 fully saturated rings. The van der Waals surface area contributed by atoms with E-state index in [4.69, 9.17) is 11.6 Å². The van der Waals surface area contributed by atoms with E-state index in [0.717, 1.165) is 5.70 Å². The number of rotatable bonds is 11. The van der Waals surface area contributed by atoms with Gasteiger partial charge in [0.05, 0.1) is 11.6 Å². The maximum absolute atomic E-state index is 14.0. The van der Waals surface area contributed by atoms with Crippen molar-refractivity contribution in [3.05, 3.63) is 71.8 Å². The number of nitrogens with zero attached hydrogens (tertiary/aromatic N) is 2. The number of benzene rings is 1. The molecular weight excluding hydrogens is 393 g/mol. The van der Waals surface area contributed by atoms with Gasteiger partial charge in [-0.2, -0.15) is 0 Å². The first kappa shape index (κ1) is 24.4. The Kier molecular flexibility index (Phi) is 10.2. The number of hydrogen-bond acceptors (Lipinski definition) is 3. The third-order valence-corrected chi connectivity index (χ3v) is 4.62. The van der Waals surface area contributed by atoms with Gasteiger partial charge in [0.15, 0.2) is 0 Å². The van der Waals surface area contributed by atoms with E-state index < -0.39 is 5.82 Å². The lowest BCUT2D eigenvalue weighted by Gasteiger charge is -2.30. The molecule has 1 N–H and O–H groups in total. The summed E-state index contributed by atoms with van der Waals surface area (Å²) in [6, 6.07) is 4.42. The molecule has 0 aliphatic heterocycles. The molecular formula is C22H29ClFN3O2. The van der Waals surface area contributed by atoms with E-state index in [1.54, 1.807) is 29.3 Å². The second-order valence-electron chi connectivity index (χ2n) is 6.66. The molecule has 0 aliphatic rings. The quantitative estimate of drug-likeness (QED) is 0.543. The SMILES string of the molecule is C=C/C=C(\CC)N(C=C)CC(=O)N(CC(=O)NCc1cccc(Cl)c1F)C(C)C. The highest BCUT2D eigenvalue weighted by Gasteiger charge is 2.22. The van der Waals surface area contributed by atoms with Crippen LogP contribution >= 0.6 is 11.6 Å². The summed E-state index contributed by atoms with van der Waals surface area (Å²) in [5.74, 6) is -1.16. The molecule has 0 spiro atoms. The number of allylic oxidation sites excluding steroid dienone is 3. The Hall–Kier alpha value is -2.60. The van der Waals surface area contributed by atoms with Crippen molar-refractivity contribution >= 4 is 23.4 Å². The smallest absolute Gasteiger partial charge is 0.243 e. The fraction of sp³-hybridized carbons (Fsp3) is 0.364. The van der Waals surface area contributed by atoms with Crippen molar-refractivity contribution in [1.29, 1.82) is 0 Å². The van der Waals surface area contributed by atoms with E-state index in [-0.39, 0.29) is 48.1 Å². The Morgan fingerprint density at radius 3 is 2.52 bits per heavy atom. The van der Waals surface area contributed by atoms with Gasteiger partial charge >= 0.3 is 0 Å². The first-order valence-electron chi connectivity index (χ1n) is 9.44. The van der Waals surface area contributed by atoms with Crippen LogP contribution < -0.4 is 5.32 Å². The van der Waals surface area contributed by atoms with Crippen LogP contribution in [0.1, 0.15) is 32.8 Å². The summed E-state index contributed by atoms with van der Waals surface area (Å²) in [7, 11) is 0. The van der Waals surface area contributed by atoms with Crippen molar-refractivity contribution < 1.29 is 14.0 Å². The van der Waals surface area contributed by atoms with Crippen LogP contribution in [-0.2, 0) is 16.1 Å². The molecule has 1 aromatic carbocycles. The highest BCUT2D eigenvalue weighted by Crippen LogP contribution is 2.17. The van der Waals surface area contributed by atoms with Gasteiger partial charge in [-0.25, -0.2) is 4.39 Å². The van der Waals surface area contributed by atoms with E-state index >= 15 is 0 Å². The van der Waals surface area contributed by atoms with Gasteiger partial charge in [0.25, 0.3) is 0 Å². The largest absolute Gasteiger partial charge is 0.350 e. The summed E-state index contributed by atoms with van der Waals surface area (Å²) in [4.78, 5) is 28.4. The van der Waals surface area contributed by atoms with Crippen molar-refractivity contribution in [3.63, 3.8) is 0 Å². The zero-order valence-electron chi connectivity index (χ0n) is 17.3. The van der Waals surface area contributed by atoms with Crippen LogP contribution in [0.15, 0.2) is 55.4 Å². The van der Waals surface area contributed by atoms with Crippen LogP contribution in [0.4, 0.5) is 4.39 Å². The molecule has 0 heterocycles. The van der Waals surface area contributed by atoms with Gasteiger partial charge < -0.3 is 15.1 Å². The molecule has 1 rings (SSSR count). The lowest BCUT2D eigenvalue weighted by Crippen LogP contribution is -2.47. The average molecular weight is 422 g/mol. The summed E-state index contributed by atoms with van der Waals surface area (Å²) in [5.41, 5.74) is 1.18. The van der Waals surface area contributed by atoms with Crippen LogP contribution in [0, 0.1) is 5.82 Å². The second kappa shape index (κ2) is 12.1. The fourth-order valence-corrected chi connectivity index (χ4v) is 2.91. The molecule has 2 amide bonds. The van der Waals surface area contributed by atoms with Crippen molar-refractivity contribution in [1.82, 2.24) is 15.1 Å². The number of amides is 2. The van der Waals surface area contributed by atoms with Gasteiger partial charge in [-0.15, -0.1) is 0 Å². The summed E-state index contributed by atoms with van der Waals surface area (Å²) < 4.78 is 14.0. The monoisotopic (exact) mass is 421 g/mol. The van der Waals surface area contributed by atoms with Gasteiger partial charge in [0, 0.05) is 23.8 Å². The molecule has 0 saturated heterocycles. The lowest BCUT2D eigenvalue weighted by molar-refractivity contribution is -0.138. The third-order valence-electron chi connectivity index (χ3n) is 4.33.